The van der Waals surface area contributed by atoms with E-state index in [4.69, 9.17) is 5.73 Å². The van der Waals surface area contributed by atoms with Gasteiger partial charge in [-0.25, -0.2) is 0 Å². The van der Waals surface area contributed by atoms with Gasteiger partial charge in [0, 0.05) is 12.1 Å². The van der Waals surface area contributed by atoms with Crippen molar-refractivity contribution in [3.8, 4) is 0 Å². The number of rotatable bonds is 3. The number of carbonyl (C=O) groups is 1. The molecule has 2 aliphatic heterocycles. The lowest BCUT2D eigenvalue weighted by molar-refractivity contribution is -0.138. The molecule has 3 N–H and O–H groups in total. The Hall–Kier alpha value is -1.10. The van der Waals surface area contributed by atoms with Crippen molar-refractivity contribution in [1.29, 1.82) is 0 Å². The number of nitrogens with zero attached hydrogens (tertiary/aromatic N) is 1. The van der Waals surface area contributed by atoms with Gasteiger partial charge >= 0.3 is 0 Å². The number of amides is 1. The molecule has 116 valence electrons. The molecule has 3 unspecified atom stereocenters. The van der Waals surface area contributed by atoms with Gasteiger partial charge in [-0.3, -0.25) is 4.79 Å². The van der Waals surface area contributed by atoms with E-state index in [1.807, 2.05) is 35.2 Å². The van der Waals surface area contributed by atoms with E-state index in [2.05, 4.69) is 0 Å². The Bertz CT molecular complexity index is 468. The van der Waals surface area contributed by atoms with E-state index < -0.39 is 6.04 Å². The number of aliphatic hydroxyl groups excluding tert-OH is 1. The number of hydrogen-bond donors (Lipinski definition) is 2. The molecule has 1 aromatic rings. The van der Waals surface area contributed by atoms with Gasteiger partial charge < -0.3 is 15.7 Å². The fraction of sp³-hybridized carbons (Fsp3) is 0.562. The molecule has 4 nitrogen and oxygen atoms in total. The summed E-state index contributed by atoms with van der Waals surface area (Å²) < 4.78 is 0. The van der Waals surface area contributed by atoms with Crippen LogP contribution in [0.3, 0.4) is 0 Å². The molecule has 0 saturated carbocycles. The van der Waals surface area contributed by atoms with Gasteiger partial charge in [0.2, 0.25) is 5.91 Å². The second-order valence-electron chi connectivity index (χ2n) is 6.05. The Balaban J connectivity index is 0.00000161. The summed E-state index contributed by atoms with van der Waals surface area (Å²) in [6, 6.07) is 9.81. The van der Waals surface area contributed by atoms with Gasteiger partial charge in [0.15, 0.2) is 0 Å². The summed E-state index contributed by atoms with van der Waals surface area (Å²) >= 11 is 0. The summed E-state index contributed by atoms with van der Waals surface area (Å²) in [5.74, 6) is 0.0493. The summed E-state index contributed by atoms with van der Waals surface area (Å²) in [5.41, 5.74) is 7.21. The minimum Gasteiger partial charge on any atom is -0.393 e. The van der Waals surface area contributed by atoms with Crippen molar-refractivity contribution in [2.75, 3.05) is 0 Å². The average molecular weight is 311 g/mol. The molecular weight excluding hydrogens is 288 g/mol. The molecule has 2 bridgehead atoms. The van der Waals surface area contributed by atoms with Crippen molar-refractivity contribution in [3.05, 3.63) is 35.9 Å². The van der Waals surface area contributed by atoms with E-state index in [-0.39, 0.29) is 36.5 Å². The lowest BCUT2D eigenvalue weighted by Crippen LogP contribution is -2.54. The predicted molar refractivity (Wildman–Crippen MR) is 84.3 cm³/mol. The van der Waals surface area contributed by atoms with E-state index >= 15 is 0 Å². The molecular formula is C16H23ClN2O2. The third kappa shape index (κ3) is 3.39. The first-order valence-electron chi connectivity index (χ1n) is 7.45. The zero-order valence-electron chi connectivity index (χ0n) is 12.0. The fourth-order valence-corrected chi connectivity index (χ4v) is 3.65. The largest absolute Gasteiger partial charge is 0.393 e. The first-order chi connectivity index (χ1) is 9.65. The van der Waals surface area contributed by atoms with Crippen LogP contribution in [-0.4, -0.2) is 40.1 Å². The number of carbonyl (C=O) groups excluding carboxylic acids is 1. The molecule has 1 aromatic carbocycles. The number of halogens is 1. The molecule has 3 rings (SSSR count). The van der Waals surface area contributed by atoms with Crippen LogP contribution in [0.2, 0.25) is 0 Å². The van der Waals surface area contributed by atoms with E-state index in [9.17, 15) is 9.90 Å². The van der Waals surface area contributed by atoms with Gasteiger partial charge in [-0.15, -0.1) is 12.4 Å². The van der Waals surface area contributed by atoms with Crippen LogP contribution in [0, 0.1) is 0 Å². The van der Waals surface area contributed by atoms with Crippen molar-refractivity contribution in [3.63, 3.8) is 0 Å². The minimum atomic E-state index is -0.476. The van der Waals surface area contributed by atoms with Crippen molar-refractivity contribution in [2.24, 2.45) is 5.73 Å². The first-order valence-corrected chi connectivity index (χ1v) is 7.45. The molecule has 0 radical (unpaired) electrons. The van der Waals surface area contributed by atoms with Crippen molar-refractivity contribution in [2.45, 2.75) is 56.3 Å². The Morgan fingerprint density at radius 1 is 1.24 bits per heavy atom. The maximum absolute atomic E-state index is 12.6. The van der Waals surface area contributed by atoms with E-state index in [0.29, 0.717) is 19.3 Å². The number of nitrogens with two attached hydrogens (primary N) is 1. The maximum Gasteiger partial charge on any atom is 0.240 e. The summed E-state index contributed by atoms with van der Waals surface area (Å²) in [6.07, 6.45) is 3.76. The minimum absolute atomic E-state index is 0. The van der Waals surface area contributed by atoms with Crippen LogP contribution < -0.4 is 5.73 Å². The zero-order valence-corrected chi connectivity index (χ0v) is 12.8. The molecule has 1 amide bonds. The number of aliphatic hydroxyl groups is 1. The molecule has 0 aromatic heterocycles. The van der Waals surface area contributed by atoms with Crippen LogP contribution in [0.25, 0.3) is 0 Å². The molecule has 2 saturated heterocycles. The van der Waals surface area contributed by atoms with E-state index in [1.165, 1.54) is 0 Å². The second-order valence-corrected chi connectivity index (χ2v) is 6.05. The molecule has 0 aliphatic carbocycles. The molecule has 2 fully saturated rings. The fourth-order valence-electron chi connectivity index (χ4n) is 3.65. The second kappa shape index (κ2) is 6.77. The molecule has 21 heavy (non-hydrogen) atoms. The van der Waals surface area contributed by atoms with Gasteiger partial charge in [-0.05, 0) is 37.7 Å². The SMILES string of the molecule is Cl.NC(Cc1ccccc1)C(=O)N1C2CCC1CC(O)C2. The van der Waals surface area contributed by atoms with Crippen LogP contribution in [0.4, 0.5) is 0 Å². The van der Waals surface area contributed by atoms with Crippen molar-refractivity contribution in [1.82, 2.24) is 4.90 Å². The van der Waals surface area contributed by atoms with Gasteiger partial charge in [-0.1, -0.05) is 30.3 Å². The molecule has 3 atom stereocenters. The third-order valence-electron chi connectivity index (χ3n) is 4.58. The number of fused-ring (bicyclic) bond motifs is 2. The van der Waals surface area contributed by atoms with Gasteiger partial charge in [0.05, 0.1) is 12.1 Å². The standard InChI is InChI=1S/C16H22N2O2.ClH/c17-15(8-11-4-2-1-3-5-11)16(20)18-12-6-7-13(18)10-14(19)9-12;/h1-5,12-15,19H,6-10,17H2;1H. The Morgan fingerprint density at radius 3 is 2.38 bits per heavy atom. The summed E-state index contributed by atoms with van der Waals surface area (Å²) in [5, 5.41) is 9.79. The normalized spacial score (nSPS) is 28.9. The topological polar surface area (TPSA) is 66.6 Å². The van der Waals surface area contributed by atoms with Crippen LogP contribution in [0.1, 0.15) is 31.2 Å². The van der Waals surface area contributed by atoms with Gasteiger partial charge in [0.25, 0.3) is 0 Å². The lowest BCUT2D eigenvalue weighted by atomic mass is 9.97. The predicted octanol–water partition coefficient (Wildman–Crippen LogP) is 1.49. The third-order valence-corrected chi connectivity index (χ3v) is 4.58. The van der Waals surface area contributed by atoms with Crippen LogP contribution in [0.15, 0.2) is 30.3 Å². The Kier molecular flexibility index (Phi) is 5.25. The number of piperidine rings is 1. The molecule has 2 heterocycles. The summed E-state index contributed by atoms with van der Waals surface area (Å²) in [7, 11) is 0. The Morgan fingerprint density at radius 2 is 1.81 bits per heavy atom. The summed E-state index contributed by atoms with van der Waals surface area (Å²) in [4.78, 5) is 14.5. The quantitative estimate of drug-likeness (QED) is 0.889. The van der Waals surface area contributed by atoms with Crippen molar-refractivity contribution < 1.29 is 9.90 Å². The summed E-state index contributed by atoms with van der Waals surface area (Å²) in [6.45, 7) is 0. The molecule has 2 aliphatic rings. The zero-order chi connectivity index (χ0) is 14.1. The molecule has 0 spiro atoms. The number of benzene rings is 1. The maximum atomic E-state index is 12.6. The highest BCUT2D eigenvalue weighted by Crippen LogP contribution is 2.36. The van der Waals surface area contributed by atoms with Gasteiger partial charge in [0.1, 0.15) is 0 Å². The first kappa shape index (κ1) is 16.3. The molecule has 5 heteroatoms. The lowest BCUT2D eigenvalue weighted by Gasteiger charge is -2.38. The highest BCUT2D eigenvalue weighted by Gasteiger charge is 2.43. The highest BCUT2D eigenvalue weighted by molar-refractivity contribution is 5.85. The van der Waals surface area contributed by atoms with E-state index in [1.54, 1.807) is 0 Å². The smallest absolute Gasteiger partial charge is 0.240 e. The van der Waals surface area contributed by atoms with E-state index in [0.717, 1.165) is 18.4 Å². The average Bonchev–Trinajstić information content (AvgIpc) is 2.71. The van der Waals surface area contributed by atoms with Crippen LogP contribution in [-0.2, 0) is 11.2 Å². The highest BCUT2D eigenvalue weighted by atomic mass is 35.5. The van der Waals surface area contributed by atoms with Gasteiger partial charge in [-0.2, -0.15) is 0 Å². The Labute approximate surface area is 131 Å². The monoisotopic (exact) mass is 310 g/mol. The number of hydrogen-bond acceptors (Lipinski definition) is 3. The van der Waals surface area contributed by atoms with Crippen molar-refractivity contribution >= 4 is 18.3 Å². The van der Waals surface area contributed by atoms with Crippen LogP contribution >= 0.6 is 12.4 Å². The van der Waals surface area contributed by atoms with Crippen LogP contribution in [0.5, 0.6) is 0 Å².